The van der Waals surface area contributed by atoms with Gasteiger partial charge in [-0.15, -0.1) is 0 Å². The molecule has 0 aliphatic heterocycles. The second kappa shape index (κ2) is 10.1. The molecule has 1 aromatic heterocycles. The summed E-state index contributed by atoms with van der Waals surface area (Å²) >= 11 is 0. The fraction of sp³-hybridized carbons (Fsp3) is 0.375. The van der Waals surface area contributed by atoms with E-state index in [9.17, 15) is 9.59 Å². The first-order chi connectivity index (χ1) is 14.9. The monoisotopic (exact) mass is 424 g/mol. The van der Waals surface area contributed by atoms with Crippen LogP contribution in [0, 0.1) is 13.8 Å². The number of carbonyl (C=O) groups is 2. The Bertz CT molecular complexity index is 1050. The third kappa shape index (κ3) is 5.63. The summed E-state index contributed by atoms with van der Waals surface area (Å²) in [7, 11) is 0. The maximum Gasteiger partial charge on any atom is 0.342 e. The highest BCUT2D eigenvalue weighted by molar-refractivity contribution is 5.99. The fourth-order valence-corrected chi connectivity index (χ4v) is 3.39. The Kier molecular flexibility index (Phi) is 7.28. The number of aryl methyl sites for hydroxylation is 2. The smallest absolute Gasteiger partial charge is 0.342 e. The average molecular weight is 424 g/mol. The summed E-state index contributed by atoms with van der Waals surface area (Å²) < 4.78 is 16.4. The van der Waals surface area contributed by atoms with Crippen LogP contribution < -0.4 is 10.1 Å². The van der Waals surface area contributed by atoms with Crippen molar-refractivity contribution >= 4 is 22.6 Å². The summed E-state index contributed by atoms with van der Waals surface area (Å²) in [5.41, 5.74) is 1.83. The summed E-state index contributed by atoms with van der Waals surface area (Å²) in [6.07, 6.45) is 1.83. The first kappa shape index (κ1) is 22.3. The minimum Gasteiger partial charge on any atom is -0.488 e. The van der Waals surface area contributed by atoms with Crippen molar-refractivity contribution in [2.45, 2.75) is 53.2 Å². The molecule has 7 nitrogen and oxygen atoms in total. The van der Waals surface area contributed by atoms with Crippen molar-refractivity contribution in [2.75, 3.05) is 6.61 Å². The van der Waals surface area contributed by atoms with Crippen LogP contribution >= 0.6 is 0 Å². The van der Waals surface area contributed by atoms with Gasteiger partial charge in [-0.1, -0.05) is 42.8 Å². The van der Waals surface area contributed by atoms with E-state index in [-0.39, 0.29) is 30.7 Å². The maximum absolute atomic E-state index is 12.8. The molecule has 0 unspecified atom stereocenters. The number of aromatic nitrogens is 1. The standard InChI is InChI=1S/C24H28N2O5/c1-5-8-15(2)25-23(27)14-30-24(28)20-11-18-9-6-7-10-19(18)12-22(20)29-13-21-16(3)26-31-17(21)4/h6-7,9-12,15H,5,8,13-14H2,1-4H3,(H,25,27)/t15-/m0/s1. The number of nitrogens with one attached hydrogen (secondary N) is 1. The summed E-state index contributed by atoms with van der Waals surface area (Å²) in [6.45, 7) is 7.48. The van der Waals surface area contributed by atoms with Crippen LogP contribution in [-0.4, -0.2) is 29.7 Å². The Morgan fingerprint density at radius 2 is 1.87 bits per heavy atom. The van der Waals surface area contributed by atoms with Crippen LogP contribution in [0.15, 0.2) is 40.9 Å². The molecule has 0 aliphatic rings. The third-order valence-corrected chi connectivity index (χ3v) is 5.08. The Labute approximate surface area is 181 Å². The molecule has 2 aromatic carbocycles. The van der Waals surface area contributed by atoms with Crippen LogP contribution in [-0.2, 0) is 16.1 Å². The number of nitrogens with zero attached hydrogens (tertiary/aromatic N) is 1. The normalized spacial score (nSPS) is 11.9. The van der Waals surface area contributed by atoms with Gasteiger partial charge in [-0.05, 0) is 50.1 Å². The molecule has 1 amide bonds. The molecule has 7 heteroatoms. The summed E-state index contributed by atoms with van der Waals surface area (Å²) in [5, 5.41) is 8.56. The zero-order valence-corrected chi connectivity index (χ0v) is 18.4. The molecule has 0 spiro atoms. The molecular formula is C24H28N2O5. The first-order valence-corrected chi connectivity index (χ1v) is 10.4. The van der Waals surface area contributed by atoms with Gasteiger partial charge in [-0.25, -0.2) is 4.79 Å². The van der Waals surface area contributed by atoms with Gasteiger partial charge in [0.05, 0.1) is 11.3 Å². The lowest BCUT2D eigenvalue weighted by Gasteiger charge is -2.14. The highest BCUT2D eigenvalue weighted by Crippen LogP contribution is 2.28. The molecule has 1 atom stereocenters. The molecule has 164 valence electrons. The number of rotatable bonds is 9. The molecule has 1 N–H and O–H groups in total. The number of hydrogen-bond acceptors (Lipinski definition) is 6. The molecule has 0 radical (unpaired) electrons. The first-order valence-electron chi connectivity index (χ1n) is 10.4. The molecule has 3 rings (SSSR count). The largest absolute Gasteiger partial charge is 0.488 e. The second-order valence-corrected chi connectivity index (χ2v) is 7.62. The molecular weight excluding hydrogens is 396 g/mol. The van der Waals surface area contributed by atoms with Gasteiger partial charge in [0.25, 0.3) is 5.91 Å². The van der Waals surface area contributed by atoms with Crippen molar-refractivity contribution in [2.24, 2.45) is 0 Å². The summed E-state index contributed by atoms with van der Waals surface area (Å²) in [6, 6.07) is 11.2. The Morgan fingerprint density at radius 3 is 2.52 bits per heavy atom. The van der Waals surface area contributed by atoms with Gasteiger partial charge in [-0.3, -0.25) is 4.79 Å². The minimum atomic E-state index is -0.613. The lowest BCUT2D eigenvalue weighted by molar-refractivity contribution is -0.124. The van der Waals surface area contributed by atoms with Crippen molar-refractivity contribution in [3.8, 4) is 5.75 Å². The number of amides is 1. The molecule has 1 heterocycles. The predicted molar refractivity (Wildman–Crippen MR) is 117 cm³/mol. The number of hydrogen-bond donors (Lipinski definition) is 1. The number of carbonyl (C=O) groups excluding carboxylic acids is 2. The zero-order chi connectivity index (χ0) is 22.4. The van der Waals surface area contributed by atoms with Gasteiger partial charge in [-0.2, -0.15) is 0 Å². The quantitative estimate of drug-likeness (QED) is 0.509. The van der Waals surface area contributed by atoms with Crippen LogP contribution in [0.3, 0.4) is 0 Å². The van der Waals surface area contributed by atoms with E-state index in [0.717, 1.165) is 34.9 Å². The molecule has 0 fully saturated rings. The van der Waals surface area contributed by atoms with E-state index in [4.69, 9.17) is 14.0 Å². The highest BCUT2D eigenvalue weighted by Gasteiger charge is 2.19. The van der Waals surface area contributed by atoms with Crippen LogP contribution in [0.2, 0.25) is 0 Å². The molecule has 0 saturated carbocycles. The van der Waals surface area contributed by atoms with Crippen molar-refractivity contribution in [3.05, 3.63) is 59.0 Å². The van der Waals surface area contributed by atoms with Crippen LogP contribution in [0.25, 0.3) is 10.8 Å². The van der Waals surface area contributed by atoms with E-state index in [2.05, 4.69) is 10.5 Å². The van der Waals surface area contributed by atoms with Crippen molar-refractivity contribution in [3.63, 3.8) is 0 Å². The molecule has 3 aromatic rings. The molecule has 0 aliphatic carbocycles. The fourth-order valence-electron chi connectivity index (χ4n) is 3.39. The lowest BCUT2D eigenvalue weighted by atomic mass is 10.1. The van der Waals surface area contributed by atoms with E-state index in [1.54, 1.807) is 12.1 Å². The van der Waals surface area contributed by atoms with Gasteiger partial charge in [0.1, 0.15) is 23.7 Å². The van der Waals surface area contributed by atoms with Crippen LogP contribution in [0.1, 0.15) is 54.1 Å². The number of fused-ring (bicyclic) bond motifs is 1. The number of benzene rings is 2. The van der Waals surface area contributed by atoms with E-state index < -0.39 is 5.97 Å². The van der Waals surface area contributed by atoms with Crippen molar-refractivity contribution in [1.82, 2.24) is 10.5 Å². The van der Waals surface area contributed by atoms with Gasteiger partial charge in [0, 0.05) is 6.04 Å². The summed E-state index contributed by atoms with van der Waals surface area (Å²) in [4.78, 5) is 24.9. The topological polar surface area (TPSA) is 90.7 Å². The van der Waals surface area contributed by atoms with Gasteiger partial charge >= 0.3 is 5.97 Å². The predicted octanol–water partition coefficient (Wildman–Crippen LogP) is 4.49. The second-order valence-electron chi connectivity index (χ2n) is 7.62. The SMILES string of the molecule is CCC[C@H](C)NC(=O)COC(=O)c1cc2ccccc2cc1OCc1c(C)noc1C. The number of ether oxygens (including phenoxy) is 2. The average Bonchev–Trinajstić information content (AvgIpc) is 3.07. The third-order valence-electron chi connectivity index (χ3n) is 5.08. The van der Waals surface area contributed by atoms with Gasteiger partial charge in [0.15, 0.2) is 6.61 Å². The van der Waals surface area contributed by atoms with Crippen LogP contribution in [0.5, 0.6) is 5.75 Å². The van der Waals surface area contributed by atoms with Crippen molar-refractivity contribution in [1.29, 1.82) is 0 Å². The lowest BCUT2D eigenvalue weighted by Crippen LogP contribution is -2.35. The van der Waals surface area contributed by atoms with Gasteiger partial charge < -0.3 is 19.3 Å². The summed E-state index contributed by atoms with van der Waals surface area (Å²) in [5.74, 6) is 0.106. The minimum absolute atomic E-state index is 0.0332. The van der Waals surface area contributed by atoms with E-state index in [1.807, 2.05) is 52.0 Å². The highest BCUT2D eigenvalue weighted by atomic mass is 16.5. The van der Waals surface area contributed by atoms with E-state index in [1.165, 1.54) is 0 Å². The van der Waals surface area contributed by atoms with Gasteiger partial charge in [0.2, 0.25) is 0 Å². The molecule has 0 bridgehead atoms. The number of esters is 1. The zero-order valence-electron chi connectivity index (χ0n) is 18.4. The molecule has 0 saturated heterocycles. The Morgan fingerprint density at radius 1 is 1.16 bits per heavy atom. The van der Waals surface area contributed by atoms with Crippen LogP contribution in [0.4, 0.5) is 0 Å². The van der Waals surface area contributed by atoms with Crippen molar-refractivity contribution < 1.29 is 23.6 Å². The molecule has 31 heavy (non-hydrogen) atoms. The van der Waals surface area contributed by atoms with E-state index in [0.29, 0.717) is 11.5 Å². The Hall–Kier alpha value is -3.35. The van der Waals surface area contributed by atoms with E-state index >= 15 is 0 Å². The maximum atomic E-state index is 12.8. The Balaban J connectivity index is 1.78.